The molecule has 0 aliphatic rings. The van der Waals surface area contributed by atoms with E-state index in [1.54, 1.807) is 18.5 Å². The Morgan fingerprint density at radius 3 is 2.94 bits per heavy atom. The highest BCUT2D eigenvalue weighted by molar-refractivity contribution is 14.1. The van der Waals surface area contributed by atoms with Crippen LogP contribution in [0.5, 0.6) is 0 Å². The van der Waals surface area contributed by atoms with Crippen molar-refractivity contribution in [2.45, 2.75) is 13.3 Å². The van der Waals surface area contributed by atoms with Gasteiger partial charge < -0.3 is 5.32 Å². The lowest BCUT2D eigenvalue weighted by molar-refractivity contribution is 0.961. The van der Waals surface area contributed by atoms with Crippen LogP contribution < -0.4 is 5.32 Å². The van der Waals surface area contributed by atoms with Crippen LogP contribution >= 0.6 is 22.6 Å². The van der Waals surface area contributed by atoms with Crippen molar-refractivity contribution in [3.05, 3.63) is 28.4 Å². The van der Waals surface area contributed by atoms with Crippen LogP contribution in [0.25, 0.3) is 11.5 Å². The van der Waals surface area contributed by atoms with E-state index in [0.717, 1.165) is 28.0 Å². The maximum Gasteiger partial charge on any atom is 0.180 e. The van der Waals surface area contributed by atoms with E-state index in [1.807, 2.05) is 0 Å². The SMILES string of the molecule is CCCNc1nc(-c2ccncn2)ncc1I. The Hall–Kier alpha value is -1.31. The molecule has 0 amide bonds. The fourth-order valence-corrected chi connectivity index (χ4v) is 1.73. The van der Waals surface area contributed by atoms with Gasteiger partial charge in [0.25, 0.3) is 0 Å². The number of nitrogens with one attached hydrogen (secondary N) is 1. The number of hydrogen-bond donors (Lipinski definition) is 1. The van der Waals surface area contributed by atoms with Gasteiger partial charge in [-0.15, -0.1) is 0 Å². The molecule has 0 radical (unpaired) electrons. The van der Waals surface area contributed by atoms with Gasteiger partial charge in [-0.3, -0.25) is 0 Å². The van der Waals surface area contributed by atoms with E-state index in [-0.39, 0.29) is 0 Å². The molecule has 5 nitrogen and oxygen atoms in total. The van der Waals surface area contributed by atoms with Crippen molar-refractivity contribution < 1.29 is 0 Å². The second kappa shape index (κ2) is 5.85. The quantitative estimate of drug-likeness (QED) is 0.865. The summed E-state index contributed by atoms with van der Waals surface area (Å²) in [5, 5.41) is 3.27. The van der Waals surface area contributed by atoms with Crippen molar-refractivity contribution in [3.8, 4) is 11.5 Å². The monoisotopic (exact) mass is 341 g/mol. The van der Waals surface area contributed by atoms with Crippen molar-refractivity contribution in [1.82, 2.24) is 19.9 Å². The molecular weight excluding hydrogens is 329 g/mol. The predicted octanol–water partition coefficient (Wildman–Crippen LogP) is 2.36. The number of rotatable bonds is 4. The van der Waals surface area contributed by atoms with E-state index >= 15 is 0 Å². The number of hydrogen-bond acceptors (Lipinski definition) is 5. The lowest BCUT2D eigenvalue weighted by atomic mass is 10.4. The van der Waals surface area contributed by atoms with Crippen LogP contribution in [0.4, 0.5) is 5.82 Å². The molecule has 0 aliphatic carbocycles. The summed E-state index contributed by atoms with van der Waals surface area (Å²) in [6.45, 7) is 3.02. The molecule has 0 spiro atoms. The molecule has 0 atom stereocenters. The van der Waals surface area contributed by atoms with Crippen molar-refractivity contribution in [2.75, 3.05) is 11.9 Å². The van der Waals surface area contributed by atoms with Crippen LogP contribution in [0, 0.1) is 3.57 Å². The molecule has 0 aliphatic heterocycles. The van der Waals surface area contributed by atoms with Gasteiger partial charge in [0.05, 0.1) is 3.57 Å². The lowest BCUT2D eigenvalue weighted by Gasteiger charge is -2.07. The Morgan fingerprint density at radius 1 is 1.35 bits per heavy atom. The second-order valence-corrected chi connectivity index (χ2v) is 4.57. The number of halogens is 1. The van der Waals surface area contributed by atoms with E-state index in [9.17, 15) is 0 Å². The molecule has 88 valence electrons. The highest BCUT2D eigenvalue weighted by Crippen LogP contribution is 2.18. The summed E-state index contributed by atoms with van der Waals surface area (Å²) in [6, 6.07) is 1.80. The maximum absolute atomic E-state index is 4.46. The standard InChI is InChI=1S/C11H12IN5/c1-2-4-14-10-8(12)6-15-11(17-10)9-3-5-13-7-16-9/h3,5-7H,2,4H2,1H3,(H,14,15,17). The number of anilines is 1. The fraction of sp³-hybridized carbons (Fsp3) is 0.273. The first-order valence-electron chi connectivity index (χ1n) is 5.34. The van der Waals surface area contributed by atoms with Gasteiger partial charge in [0.1, 0.15) is 17.8 Å². The fourth-order valence-electron chi connectivity index (χ4n) is 1.28. The Bertz CT molecular complexity index is 488. The molecule has 0 unspecified atom stereocenters. The second-order valence-electron chi connectivity index (χ2n) is 3.41. The average molecular weight is 341 g/mol. The third-order valence-corrected chi connectivity index (χ3v) is 2.89. The van der Waals surface area contributed by atoms with Gasteiger partial charge in [0, 0.05) is 18.9 Å². The average Bonchev–Trinajstić information content (AvgIpc) is 2.39. The minimum atomic E-state index is 0.617. The Morgan fingerprint density at radius 2 is 2.24 bits per heavy atom. The largest absolute Gasteiger partial charge is 0.369 e. The van der Waals surface area contributed by atoms with E-state index in [0.29, 0.717) is 5.82 Å². The Kier molecular flexibility index (Phi) is 4.18. The highest BCUT2D eigenvalue weighted by atomic mass is 127. The molecule has 0 fully saturated rings. The minimum Gasteiger partial charge on any atom is -0.369 e. The van der Waals surface area contributed by atoms with Gasteiger partial charge in [0.2, 0.25) is 0 Å². The van der Waals surface area contributed by atoms with Gasteiger partial charge in [-0.25, -0.2) is 19.9 Å². The topological polar surface area (TPSA) is 63.6 Å². The first kappa shape index (κ1) is 12.2. The number of aromatic nitrogens is 4. The van der Waals surface area contributed by atoms with Crippen LogP contribution in [0.3, 0.4) is 0 Å². The predicted molar refractivity (Wildman–Crippen MR) is 74.6 cm³/mol. The molecule has 6 heteroatoms. The van der Waals surface area contributed by atoms with E-state index in [4.69, 9.17) is 0 Å². The van der Waals surface area contributed by atoms with Crippen molar-refractivity contribution >= 4 is 28.4 Å². The molecule has 0 aromatic carbocycles. The molecule has 2 heterocycles. The van der Waals surface area contributed by atoms with E-state index in [2.05, 4.69) is 54.8 Å². The van der Waals surface area contributed by atoms with E-state index < -0.39 is 0 Å². The molecular formula is C11H12IN5. The van der Waals surface area contributed by atoms with Crippen LogP contribution in [0.2, 0.25) is 0 Å². The minimum absolute atomic E-state index is 0.617. The molecule has 0 saturated heterocycles. The Labute approximate surface area is 113 Å². The molecule has 0 bridgehead atoms. The summed E-state index contributed by atoms with van der Waals surface area (Å²) in [5.74, 6) is 1.47. The first-order valence-corrected chi connectivity index (χ1v) is 6.42. The van der Waals surface area contributed by atoms with Crippen LogP contribution in [-0.2, 0) is 0 Å². The first-order chi connectivity index (χ1) is 8.31. The summed E-state index contributed by atoms with van der Waals surface area (Å²) >= 11 is 2.22. The van der Waals surface area contributed by atoms with Crippen LogP contribution in [0.15, 0.2) is 24.8 Å². The zero-order valence-electron chi connectivity index (χ0n) is 9.39. The summed E-state index contributed by atoms with van der Waals surface area (Å²) < 4.78 is 1.01. The summed E-state index contributed by atoms with van der Waals surface area (Å²) in [7, 11) is 0. The number of nitrogens with zero attached hydrogens (tertiary/aromatic N) is 4. The van der Waals surface area contributed by atoms with Crippen molar-refractivity contribution in [2.24, 2.45) is 0 Å². The molecule has 2 aromatic rings. The maximum atomic E-state index is 4.46. The van der Waals surface area contributed by atoms with Crippen molar-refractivity contribution in [1.29, 1.82) is 0 Å². The molecule has 2 aromatic heterocycles. The van der Waals surface area contributed by atoms with E-state index in [1.165, 1.54) is 6.33 Å². The van der Waals surface area contributed by atoms with Gasteiger partial charge >= 0.3 is 0 Å². The summed E-state index contributed by atoms with van der Waals surface area (Å²) in [6.07, 6.45) is 6.03. The normalized spacial score (nSPS) is 10.2. The smallest absolute Gasteiger partial charge is 0.180 e. The summed E-state index contributed by atoms with van der Waals surface area (Å²) in [5.41, 5.74) is 0.732. The molecule has 2 rings (SSSR count). The van der Waals surface area contributed by atoms with Crippen LogP contribution in [-0.4, -0.2) is 26.5 Å². The van der Waals surface area contributed by atoms with Gasteiger partial charge in [-0.05, 0) is 35.1 Å². The van der Waals surface area contributed by atoms with Crippen molar-refractivity contribution in [3.63, 3.8) is 0 Å². The summed E-state index contributed by atoms with van der Waals surface area (Å²) in [4.78, 5) is 16.7. The molecule has 17 heavy (non-hydrogen) atoms. The Balaban J connectivity index is 2.31. The van der Waals surface area contributed by atoms with Gasteiger partial charge in [-0.1, -0.05) is 6.92 Å². The van der Waals surface area contributed by atoms with Crippen LogP contribution in [0.1, 0.15) is 13.3 Å². The third-order valence-electron chi connectivity index (χ3n) is 2.10. The lowest BCUT2D eigenvalue weighted by Crippen LogP contribution is -2.05. The van der Waals surface area contributed by atoms with Gasteiger partial charge in [0.15, 0.2) is 5.82 Å². The zero-order chi connectivity index (χ0) is 12.1. The molecule has 1 N–H and O–H groups in total. The zero-order valence-corrected chi connectivity index (χ0v) is 11.5. The third kappa shape index (κ3) is 3.09. The molecule has 0 saturated carbocycles. The highest BCUT2D eigenvalue weighted by Gasteiger charge is 2.06. The van der Waals surface area contributed by atoms with Gasteiger partial charge in [-0.2, -0.15) is 0 Å².